The molecule has 0 saturated carbocycles. The van der Waals surface area contributed by atoms with Crippen molar-refractivity contribution in [2.45, 2.75) is 31.6 Å². The molecular formula is C18H14Cl3N3O3. The molecule has 1 aromatic carbocycles. The summed E-state index contributed by atoms with van der Waals surface area (Å²) in [5.74, 6) is -1.19. The number of rotatable bonds is 3. The van der Waals surface area contributed by atoms with Crippen molar-refractivity contribution in [3.63, 3.8) is 0 Å². The predicted octanol–water partition coefficient (Wildman–Crippen LogP) is 3.56. The van der Waals surface area contributed by atoms with E-state index < -0.39 is 11.8 Å². The van der Waals surface area contributed by atoms with Gasteiger partial charge in [-0.1, -0.05) is 40.9 Å². The number of halogens is 3. The average molecular weight is 427 g/mol. The van der Waals surface area contributed by atoms with Crippen LogP contribution in [0.15, 0.2) is 24.4 Å². The first kappa shape index (κ1) is 17.5. The Kier molecular flexibility index (Phi) is 4.02. The smallest absolute Gasteiger partial charge is 0.241 e. The Hall–Kier alpha value is -1.60. The van der Waals surface area contributed by atoms with Gasteiger partial charge in [-0.2, -0.15) is 5.10 Å². The summed E-state index contributed by atoms with van der Waals surface area (Å²) in [5, 5.41) is 5.68. The molecule has 2 aromatic rings. The van der Waals surface area contributed by atoms with Crippen molar-refractivity contribution in [2.75, 3.05) is 4.90 Å². The van der Waals surface area contributed by atoms with Crippen LogP contribution in [0.1, 0.15) is 18.4 Å². The normalized spacial score (nSPS) is 29.1. The average Bonchev–Trinajstić information content (AvgIpc) is 3.36. The summed E-state index contributed by atoms with van der Waals surface area (Å²) < 4.78 is 7.31. The second kappa shape index (κ2) is 6.21. The molecule has 3 saturated heterocycles. The topological polar surface area (TPSA) is 64.4 Å². The van der Waals surface area contributed by atoms with E-state index in [2.05, 4.69) is 5.10 Å². The van der Waals surface area contributed by atoms with Crippen LogP contribution in [0.25, 0.3) is 0 Å². The number of anilines is 1. The molecule has 2 bridgehead atoms. The Labute approximate surface area is 169 Å². The molecule has 1 aromatic heterocycles. The first-order valence-electron chi connectivity index (χ1n) is 8.64. The van der Waals surface area contributed by atoms with Crippen molar-refractivity contribution in [2.24, 2.45) is 11.8 Å². The lowest BCUT2D eigenvalue weighted by Gasteiger charge is -2.15. The molecule has 3 fully saturated rings. The van der Waals surface area contributed by atoms with Crippen LogP contribution >= 0.6 is 34.8 Å². The number of carbonyl (C=O) groups is 2. The molecule has 4 atom stereocenters. The van der Waals surface area contributed by atoms with E-state index in [4.69, 9.17) is 39.5 Å². The Morgan fingerprint density at radius 2 is 1.70 bits per heavy atom. The number of imide groups is 1. The molecule has 4 heterocycles. The Morgan fingerprint density at radius 3 is 2.33 bits per heavy atom. The van der Waals surface area contributed by atoms with Gasteiger partial charge in [-0.3, -0.25) is 14.3 Å². The zero-order valence-electron chi connectivity index (χ0n) is 13.9. The molecule has 0 aliphatic carbocycles. The molecule has 9 heteroatoms. The summed E-state index contributed by atoms with van der Waals surface area (Å²) in [7, 11) is 0. The van der Waals surface area contributed by atoms with E-state index in [1.807, 2.05) is 0 Å². The Balaban J connectivity index is 1.45. The van der Waals surface area contributed by atoms with E-state index >= 15 is 0 Å². The van der Waals surface area contributed by atoms with Crippen molar-refractivity contribution in [1.29, 1.82) is 0 Å². The second-order valence-electron chi connectivity index (χ2n) is 7.09. The van der Waals surface area contributed by atoms with Crippen LogP contribution in [0.3, 0.4) is 0 Å². The van der Waals surface area contributed by atoms with Crippen LogP contribution in [0, 0.1) is 11.8 Å². The summed E-state index contributed by atoms with van der Waals surface area (Å²) in [4.78, 5) is 26.9. The fourth-order valence-electron chi connectivity index (χ4n) is 4.36. The largest absolute Gasteiger partial charge is 0.373 e. The monoisotopic (exact) mass is 425 g/mol. The molecule has 5 rings (SSSR count). The summed E-state index contributed by atoms with van der Waals surface area (Å²) in [5.41, 5.74) is 0.800. The first-order valence-corrected chi connectivity index (χ1v) is 9.77. The van der Waals surface area contributed by atoms with Gasteiger partial charge in [0.2, 0.25) is 11.8 Å². The van der Waals surface area contributed by atoms with Gasteiger partial charge in [0.25, 0.3) is 0 Å². The molecular weight excluding hydrogens is 413 g/mol. The summed E-state index contributed by atoms with van der Waals surface area (Å²) in [6.45, 7) is 0.340. The molecule has 27 heavy (non-hydrogen) atoms. The van der Waals surface area contributed by atoms with Gasteiger partial charge in [-0.25, -0.2) is 4.90 Å². The summed E-state index contributed by atoms with van der Waals surface area (Å²) in [6, 6.07) is 5.18. The predicted molar refractivity (Wildman–Crippen MR) is 100 cm³/mol. The van der Waals surface area contributed by atoms with Crippen molar-refractivity contribution < 1.29 is 14.3 Å². The van der Waals surface area contributed by atoms with E-state index in [-0.39, 0.29) is 34.9 Å². The lowest BCUT2D eigenvalue weighted by molar-refractivity contribution is -0.124. The molecule has 140 valence electrons. The van der Waals surface area contributed by atoms with Crippen molar-refractivity contribution in [1.82, 2.24) is 9.78 Å². The maximum absolute atomic E-state index is 12.9. The lowest BCUT2D eigenvalue weighted by atomic mass is 9.81. The molecule has 3 aliphatic rings. The van der Waals surface area contributed by atoms with E-state index in [1.165, 1.54) is 0 Å². The highest BCUT2D eigenvalue weighted by atomic mass is 35.5. The van der Waals surface area contributed by atoms with Gasteiger partial charge in [0.1, 0.15) is 5.02 Å². The van der Waals surface area contributed by atoms with Crippen molar-refractivity contribution in [3.8, 4) is 0 Å². The summed E-state index contributed by atoms with van der Waals surface area (Å²) >= 11 is 18.5. The summed E-state index contributed by atoms with van der Waals surface area (Å²) in [6.07, 6.45) is 2.87. The maximum atomic E-state index is 12.9. The van der Waals surface area contributed by atoms with Crippen LogP contribution in [0.2, 0.25) is 15.1 Å². The number of nitrogens with zero attached hydrogens (tertiary/aromatic N) is 3. The third-order valence-corrected chi connectivity index (χ3v) is 6.40. The van der Waals surface area contributed by atoms with Gasteiger partial charge in [0.15, 0.2) is 5.82 Å². The Bertz CT molecular complexity index is 948. The molecule has 2 amide bonds. The van der Waals surface area contributed by atoms with E-state index in [0.717, 1.165) is 23.3 Å². The van der Waals surface area contributed by atoms with E-state index in [0.29, 0.717) is 16.6 Å². The molecule has 0 spiro atoms. The van der Waals surface area contributed by atoms with Gasteiger partial charge in [0.05, 0.1) is 30.6 Å². The lowest BCUT2D eigenvalue weighted by Crippen LogP contribution is -2.34. The zero-order valence-corrected chi connectivity index (χ0v) is 16.2. The van der Waals surface area contributed by atoms with Crippen LogP contribution in [0.5, 0.6) is 0 Å². The van der Waals surface area contributed by atoms with Crippen molar-refractivity contribution >= 4 is 52.4 Å². The standard InChI is InChI=1S/C18H14Cl3N3O3/c19-9-2-1-8(10(20)5-9)6-23-7-11(21)16(22-23)24-17(25)14-12-3-4-13(27-12)15(14)18(24)26/h1-2,5,7,12-15H,3-4,6H2/t12-,13-,14-,15+/m0/s1. The van der Waals surface area contributed by atoms with Crippen LogP contribution < -0.4 is 4.90 Å². The fourth-order valence-corrected chi connectivity index (χ4v) is 5.07. The third-order valence-electron chi connectivity index (χ3n) is 5.54. The second-order valence-corrected chi connectivity index (χ2v) is 8.34. The molecule has 3 aliphatic heterocycles. The number of hydrogen-bond acceptors (Lipinski definition) is 4. The zero-order chi connectivity index (χ0) is 18.9. The molecule has 0 radical (unpaired) electrons. The van der Waals surface area contributed by atoms with Crippen LogP contribution in [-0.2, 0) is 20.9 Å². The van der Waals surface area contributed by atoms with Crippen LogP contribution in [0.4, 0.5) is 5.82 Å². The van der Waals surface area contributed by atoms with Gasteiger partial charge < -0.3 is 4.74 Å². The highest BCUT2D eigenvalue weighted by Gasteiger charge is 2.63. The van der Waals surface area contributed by atoms with Gasteiger partial charge in [-0.15, -0.1) is 0 Å². The van der Waals surface area contributed by atoms with E-state index in [9.17, 15) is 9.59 Å². The van der Waals surface area contributed by atoms with Crippen molar-refractivity contribution in [3.05, 3.63) is 45.0 Å². The number of carbonyl (C=O) groups excluding carboxylic acids is 2. The third kappa shape index (κ3) is 2.62. The van der Waals surface area contributed by atoms with Gasteiger partial charge in [0, 0.05) is 16.2 Å². The minimum absolute atomic E-state index is 0.171. The number of benzene rings is 1. The van der Waals surface area contributed by atoms with Crippen LogP contribution in [-0.4, -0.2) is 33.8 Å². The minimum atomic E-state index is -0.414. The highest BCUT2D eigenvalue weighted by molar-refractivity contribution is 6.36. The maximum Gasteiger partial charge on any atom is 0.241 e. The molecule has 0 N–H and O–H groups in total. The fraction of sp³-hybridized carbons (Fsp3) is 0.389. The minimum Gasteiger partial charge on any atom is -0.373 e. The van der Waals surface area contributed by atoms with Gasteiger partial charge in [-0.05, 0) is 30.5 Å². The number of ether oxygens (including phenoxy) is 1. The number of hydrogen-bond donors (Lipinski definition) is 0. The molecule has 0 unspecified atom stereocenters. The SMILES string of the molecule is O=C1[C@@H]2[C@H](C(=O)N1c1nn(Cc3ccc(Cl)cc3Cl)cc1Cl)[C@@H]1CC[C@@H]2O1. The number of amides is 2. The van der Waals surface area contributed by atoms with E-state index in [1.54, 1.807) is 29.1 Å². The number of aromatic nitrogens is 2. The Morgan fingerprint density at radius 1 is 1.04 bits per heavy atom. The molecule has 6 nitrogen and oxygen atoms in total. The van der Waals surface area contributed by atoms with Gasteiger partial charge >= 0.3 is 0 Å². The first-order chi connectivity index (χ1) is 12.9. The number of fused-ring (bicyclic) bond motifs is 5. The highest BCUT2D eigenvalue weighted by Crippen LogP contribution is 2.49. The quantitative estimate of drug-likeness (QED) is 0.704.